The molecule has 0 saturated heterocycles. The number of rotatable bonds is 8. The maximum Gasteiger partial charge on any atom is 0.276 e. The van der Waals surface area contributed by atoms with Crippen LogP contribution < -0.4 is 5.32 Å². The summed E-state index contributed by atoms with van der Waals surface area (Å²) in [6, 6.07) is 12.2. The van der Waals surface area contributed by atoms with Crippen LogP contribution in [0.5, 0.6) is 0 Å². The number of hydrogen-bond acceptors (Lipinski definition) is 5. The predicted octanol–water partition coefficient (Wildman–Crippen LogP) is 2.95. The van der Waals surface area contributed by atoms with Crippen molar-refractivity contribution in [3.8, 4) is 0 Å². The van der Waals surface area contributed by atoms with Gasteiger partial charge in [0.05, 0.1) is 15.4 Å². The first-order valence-electron chi connectivity index (χ1n) is 8.89. The number of nitrogens with one attached hydrogen (secondary N) is 1. The molecule has 2 rings (SSSR count). The van der Waals surface area contributed by atoms with Gasteiger partial charge < -0.3 is 5.32 Å². The Hall–Kier alpha value is -3.04. The van der Waals surface area contributed by atoms with Gasteiger partial charge in [-0.25, -0.2) is 8.42 Å². The zero-order valence-electron chi connectivity index (χ0n) is 16.4. The summed E-state index contributed by atoms with van der Waals surface area (Å²) in [5, 5.41) is 13.6. The molecule has 2 aromatic carbocycles. The second kappa shape index (κ2) is 9.44. The lowest BCUT2D eigenvalue weighted by Crippen LogP contribution is -2.33. The van der Waals surface area contributed by atoms with Gasteiger partial charge in [0.25, 0.3) is 5.69 Å². The Morgan fingerprint density at radius 3 is 2.38 bits per heavy atom. The van der Waals surface area contributed by atoms with Crippen LogP contribution >= 0.6 is 0 Å². The molecule has 0 radical (unpaired) electrons. The number of carbonyl (C=O) groups is 1. The molecule has 154 valence electrons. The van der Waals surface area contributed by atoms with Gasteiger partial charge in [0.2, 0.25) is 15.9 Å². The van der Waals surface area contributed by atoms with Gasteiger partial charge in [0.15, 0.2) is 0 Å². The zero-order chi connectivity index (χ0) is 21.6. The van der Waals surface area contributed by atoms with Crippen LogP contribution in [0.15, 0.2) is 59.5 Å². The highest BCUT2D eigenvalue weighted by Gasteiger charge is 2.22. The number of nitrogens with zero attached hydrogens (tertiary/aromatic N) is 2. The summed E-state index contributed by atoms with van der Waals surface area (Å²) in [5.41, 5.74) is 0.972. The van der Waals surface area contributed by atoms with Crippen molar-refractivity contribution in [1.82, 2.24) is 9.62 Å². The van der Waals surface area contributed by atoms with E-state index in [4.69, 9.17) is 0 Å². The molecule has 1 amide bonds. The molecule has 0 aliphatic carbocycles. The van der Waals surface area contributed by atoms with Gasteiger partial charge in [-0.05, 0) is 43.7 Å². The van der Waals surface area contributed by atoms with E-state index in [9.17, 15) is 23.3 Å². The number of nitro groups is 1. The summed E-state index contributed by atoms with van der Waals surface area (Å²) in [6.07, 6.45) is 2.60. The highest BCUT2D eigenvalue weighted by molar-refractivity contribution is 7.89. The lowest BCUT2D eigenvalue weighted by atomic mass is 10.1. The second-order valence-corrected chi connectivity index (χ2v) is 8.62. The Labute approximate surface area is 170 Å². The molecular weight excluding hydrogens is 394 g/mol. The largest absolute Gasteiger partial charge is 0.348 e. The second-order valence-electron chi connectivity index (χ2n) is 6.63. The monoisotopic (exact) mass is 417 g/mol. The number of para-hydroxylation sites is 1. The van der Waals surface area contributed by atoms with Crippen molar-refractivity contribution in [2.75, 3.05) is 7.05 Å². The minimum atomic E-state index is -3.56. The Morgan fingerprint density at radius 2 is 1.79 bits per heavy atom. The van der Waals surface area contributed by atoms with Crippen LogP contribution in [0.25, 0.3) is 6.08 Å². The summed E-state index contributed by atoms with van der Waals surface area (Å²) in [7, 11) is -2.03. The fraction of sp³-hybridized carbons (Fsp3) is 0.250. The third-order valence-corrected chi connectivity index (χ3v) is 6.39. The van der Waals surface area contributed by atoms with Crippen LogP contribution in [-0.4, -0.2) is 36.6 Å². The average Bonchev–Trinajstić information content (AvgIpc) is 2.70. The summed E-state index contributed by atoms with van der Waals surface area (Å²) >= 11 is 0. The zero-order valence-corrected chi connectivity index (χ0v) is 17.2. The van der Waals surface area contributed by atoms with E-state index >= 15 is 0 Å². The van der Waals surface area contributed by atoms with Gasteiger partial charge in [-0.2, -0.15) is 4.31 Å². The standard InChI is InChI=1S/C20H23N3O5S/c1-15(2)22(3)29(27,28)18-11-8-16(9-12-18)14-21-20(24)13-10-17-6-4-5-7-19(17)23(25)26/h4-13,15H,14H2,1-3H3,(H,21,24)/b13-10+. The van der Waals surface area contributed by atoms with E-state index in [1.54, 1.807) is 44.2 Å². The van der Waals surface area contributed by atoms with Crippen molar-refractivity contribution in [1.29, 1.82) is 0 Å². The Kier molecular flexibility index (Phi) is 7.24. The van der Waals surface area contributed by atoms with E-state index in [0.29, 0.717) is 5.56 Å². The number of carbonyl (C=O) groups excluding carboxylic acids is 1. The van der Waals surface area contributed by atoms with Crippen molar-refractivity contribution in [3.63, 3.8) is 0 Å². The SMILES string of the molecule is CC(C)N(C)S(=O)(=O)c1ccc(CNC(=O)/C=C/c2ccccc2[N+](=O)[O-])cc1. The van der Waals surface area contributed by atoms with Crippen LogP contribution in [0.4, 0.5) is 5.69 Å². The third-order valence-electron chi connectivity index (χ3n) is 4.34. The van der Waals surface area contributed by atoms with Gasteiger partial charge in [-0.1, -0.05) is 24.3 Å². The first-order chi connectivity index (χ1) is 13.6. The maximum absolute atomic E-state index is 12.4. The van der Waals surface area contributed by atoms with Crippen molar-refractivity contribution in [2.45, 2.75) is 31.3 Å². The topological polar surface area (TPSA) is 110 Å². The first kappa shape index (κ1) is 22.3. The van der Waals surface area contributed by atoms with Crippen molar-refractivity contribution >= 4 is 27.7 Å². The number of benzene rings is 2. The molecule has 8 nitrogen and oxygen atoms in total. The first-order valence-corrected chi connectivity index (χ1v) is 10.3. The van der Waals surface area contributed by atoms with E-state index in [-0.39, 0.29) is 23.2 Å². The Morgan fingerprint density at radius 1 is 1.17 bits per heavy atom. The molecule has 0 heterocycles. The van der Waals surface area contributed by atoms with Gasteiger partial charge in [0, 0.05) is 31.8 Å². The van der Waals surface area contributed by atoms with Gasteiger partial charge in [-0.15, -0.1) is 0 Å². The fourth-order valence-electron chi connectivity index (χ4n) is 2.43. The van der Waals surface area contributed by atoms with E-state index in [1.807, 2.05) is 0 Å². The summed E-state index contributed by atoms with van der Waals surface area (Å²) in [4.78, 5) is 22.6. The molecule has 0 saturated carbocycles. The van der Waals surface area contributed by atoms with Gasteiger partial charge >= 0.3 is 0 Å². The molecule has 0 spiro atoms. The lowest BCUT2D eigenvalue weighted by molar-refractivity contribution is -0.385. The van der Waals surface area contributed by atoms with Gasteiger partial charge in [-0.3, -0.25) is 14.9 Å². The van der Waals surface area contributed by atoms with E-state index in [0.717, 1.165) is 5.56 Å². The molecular formula is C20H23N3O5S. The van der Waals surface area contributed by atoms with Crippen LogP contribution in [0, 0.1) is 10.1 Å². The van der Waals surface area contributed by atoms with Crippen LogP contribution in [0.2, 0.25) is 0 Å². The third kappa shape index (κ3) is 5.72. The van der Waals surface area contributed by atoms with E-state index in [2.05, 4.69) is 5.32 Å². The maximum atomic E-state index is 12.4. The van der Waals surface area contributed by atoms with E-state index in [1.165, 1.54) is 41.7 Å². The summed E-state index contributed by atoms with van der Waals surface area (Å²) in [6.45, 7) is 3.78. The highest BCUT2D eigenvalue weighted by Crippen LogP contribution is 2.19. The molecule has 0 aromatic heterocycles. The number of amides is 1. The number of sulfonamides is 1. The normalized spacial score (nSPS) is 11.9. The predicted molar refractivity (Wildman–Crippen MR) is 111 cm³/mol. The van der Waals surface area contributed by atoms with Crippen LogP contribution in [0.3, 0.4) is 0 Å². The Bertz CT molecular complexity index is 1010. The molecule has 0 atom stereocenters. The molecule has 0 fully saturated rings. The van der Waals surface area contributed by atoms with Crippen LogP contribution in [0.1, 0.15) is 25.0 Å². The molecule has 29 heavy (non-hydrogen) atoms. The molecule has 0 aliphatic heterocycles. The molecule has 0 aliphatic rings. The number of hydrogen-bond donors (Lipinski definition) is 1. The average molecular weight is 417 g/mol. The van der Waals surface area contributed by atoms with E-state index < -0.39 is 20.9 Å². The Balaban J connectivity index is 2.00. The minimum Gasteiger partial charge on any atom is -0.348 e. The van der Waals surface area contributed by atoms with Gasteiger partial charge in [0.1, 0.15) is 0 Å². The summed E-state index contributed by atoms with van der Waals surface area (Å²) < 4.78 is 26.2. The molecule has 1 N–H and O–H groups in total. The van der Waals surface area contributed by atoms with Crippen molar-refractivity contribution in [2.24, 2.45) is 0 Å². The quantitative estimate of drug-likeness (QED) is 0.403. The minimum absolute atomic E-state index is 0.0836. The van der Waals surface area contributed by atoms with Crippen LogP contribution in [-0.2, 0) is 21.4 Å². The summed E-state index contributed by atoms with van der Waals surface area (Å²) in [5.74, 6) is -0.417. The fourth-order valence-corrected chi connectivity index (χ4v) is 3.80. The smallest absolute Gasteiger partial charge is 0.276 e. The lowest BCUT2D eigenvalue weighted by Gasteiger charge is -2.21. The van der Waals surface area contributed by atoms with Crippen molar-refractivity contribution in [3.05, 3.63) is 75.8 Å². The van der Waals surface area contributed by atoms with Crippen molar-refractivity contribution < 1.29 is 18.1 Å². The highest BCUT2D eigenvalue weighted by atomic mass is 32.2. The molecule has 2 aromatic rings. The molecule has 9 heteroatoms. The molecule has 0 bridgehead atoms. The number of nitro benzene ring substituents is 1. The molecule has 0 unspecified atom stereocenters.